The number of nitrogen functional groups attached to an aromatic ring is 1. The maximum Gasteiger partial charge on any atom is 0.257 e. The molecule has 1 fully saturated rings. The van der Waals surface area contributed by atoms with Gasteiger partial charge in [-0.2, -0.15) is 4.98 Å². The molecule has 1 aliphatic rings. The third-order valence-corrected chi connectivity index (χ3v) is 4.61. The Morgan fingerprint density at radius 1 is 1.62 bits per heavy atom. The lowest BCUT2D eigenvalue weighted by atomic mass is 9.82. The summed E-state index contributed by atoms with van der Waals surface area (Å²) in [6, 6.07) is 1.42. The van der Waals surface area contributed by atoms with E-state index in [0.717, 1.165) is 0 Å². The molecule has 8 nitrogen and oxygen atoms in total. The summed E-state index contributed by atoms with van der Waals surface area (Å²) in [5, 5.41) is 15.8. The van der Waals surface area contributed by atoms with Crippen LogP contribution in [-0.4, -0.2) is 61.6 Å². The van der Waals surface area contributed by atoms with Gasteiger partial charge in [0.05, 0.1) is 23.8 Å². The molecule has 1 aliphatic heterocycles. The van der Waals surface area contributed by atoms with Gasteiger partial charge < -0.3 is 30.9 Å². The number of nitrogens with one attached hydrogen (secondary N) is 2. The molecule has 2 rings (SSSR count). The Kier molecular flexibility index (Phi) is 6.22. The van der Waals surface area contributed by atoms with Crippen LogP contribution < -0.4 is 21.1 Å². The number of amides is 1. The average molecular weight is 359 g/mol. The van der Waals surface area contributed by atoms with Gasteiger partial charge in [-0.15, -0.1) is 0 Å². The number of methoxy groups -OCH3 is 2. The van der Waals surface area contributed by atoms with Crippen molar-refractivity contribution in [1.82, 2.24) is 15.6 Å². The first-order chi connectivity index (χ1) is 11.5. The first-order valence-corrected chi connectivity index (χ1v) is 8.02. The molecule has 0 aromatic carbocycles. The van der Waals surface area contributed by atoms with Crippen molar-refractivity contribution in [2.75, 3.05) is 39.6 Å². The van der Waals surface area contributed by atoms with E-state index in [1.165, 1.54) is 13.2 Å². The van der Waals surface area contributed by atoms with Crippen LogP contribution in [0, 0.1) is 0 Å². The molecule has 9 heteroatoms. The van der Waals surface area contributed by atoms with Crippen LogP contribution in [0.2, 0.25) is 5.02 Å². The molecule has 1 saturated heterocycles. The Balaban J connectivity index is 2.33. The Morgan fingerprint density at radius 3 is 3.00 bits per heavy atom. The first kappa shape index (κ1) is 18.7. The van der Waals surface area contributed by atoms with Crippen molar-refractivity contribution in [3.8, 4) is 5.88 Å². The maximum absolute atomic E-state index is 12.8. The number of hydrogen-bond acceptors (Lipinski definition) is 7. The van der Waals surface area contributed by atoms with E-state index in [-0.39, 0.29) is 35.0 Å². The Labute approximate surface area is 145 Å². The van der Waals surface area contributed by atoms with Gasteiger partial charge in [0.15, 0.2) is 0 Å². The van der Waals surface area contributed by atoms with Gasteiger partial charge in [0.1, 0.15) is 11.4 Å². The molecule has 1 aromatic rings. The Hall–Kier alpha value is -1.61. The summed E-state index contributed by atoms with van der Waals surface area (Å²) in [5.74, 6) is -0.220. The van der Waals surface area contributed by atoms with Crippen molar-refractivity contribution >= 4 is 23.3 Å². The van der Waals surface area contributed by atoms with E-state index in [4.69, 9.17) is 26.8 Å². The predicted octanol–water partition coefficient (Wildman–Crippen LogP) is 0.185. The number of hydrogen-bond donors (Lipinski definition) is 4. The van der Waals surface area contributed by atoms with Crippen LogP contribution in [0.25, 0.3) is 0 Å². The second-order valence-electron chi connectivity index (χ2n) is 5.67. The molecule has 134 valence electrons. The standard InChI is InChI=1S/C15H23ClN4O4/c1-23-11-8-18-5-3-15(11,4-6-21)20-13(22)9-7-10(16)12(17)19-14(9)24-2/h7,11,18,21H,3-6,8H2,1-2H3,(H2,17,19)(H,20,22)/t11-,15+/m1/s1. The number of ether oxygens (including phenoxy) is 2. The molecule has 2 atom stereocenters. The van der Waals surface area contributed by atoms with E-state index in [0.29, 0.717) is 25.9 Å². The lowest BCUT2D eigenvalue weighted by molar-refractivity contribution is -0.0116. The number of pyridine rings is 1. The molecule has 1 amide bonds. The highest BCUT2D eigenvalue weighted by Crippen LogP contribution is 2.29. The van der Waals surface area contributed by atoms with E-state index < -0.39 is 11.4 Å². The number of nitrogens with zero attached hydrogens (tertiary/aromatic N) is 1. The average Bonchev–Trinajstić information content (AvgIpc) is 2.57. The highest BCUT2D eigenvalue weighted by molar-refractivity contribution is 6.33. The SMILES string of the molecule is COc1nc(N)c(Cl)cc1C(=O)N[C@]1(CCO)CCNC[C@H]1OC. The van der Waals surface area contributed by atoms with E-state index in [9.17, 15) is 9.90 Å². The molecular formula is C15H23ClN4O4. The molecule has 0 spiro atoms. The molecule has 0 saturated carbocycles. The van der Waals surface area contributed by atoms with Crippen molar-refractivity contribution in [2.24, 2.45) is 0 Å². The lowest BCUT2D eigenvalue weighted by Gasteiger charge is -2.44. The van der Waals surface area contributed by atoms with Crippen LogP contribution in [0.1, 0.15) is 23.2 Å². The first-order valence-electron chi connectivity index (χ1n) is 7.64. The van der Waals surface area contributed by atoms with E-state index in [1.807, 2.05) is 0 Å². The zero-order valence-corrected chi connectivity index (χ0v) is 14.5. The smallest absolute Gasteiger partial charge is 0.257 e. The molecule has 0 radical (unpaired) electrons. The minimum Gasteiger partial charge on any atom is -0.480 e. The van der Waals surface area contributed by atoms with Gasteiger partial charge in [0.2, 0.25) is 5.88 Å². The summed E-state index contributed by atoms with van der Waals surface area (Å²) in [6.45, 7) is 1.21. The van der Waals surface area contributed by atoms with E-state index >= 15 is 0 Å². The molecule has 0 aliphatic carbocycles. The number of aliphatic hydroxyl groups excluding tert-OH is 1. The van der Waals surface area contributed by atoms with Crippen molar-refractivity contribution in [3.05, 3.63) is 16.7 Å². The summed E-state index contributed by atoms with van der Waals surface area (Å²) >= 11 is 5.98. The van der Waals surface area contributed by atoms with Gasteiger partial charge in [-0.25, -0.2) is 0 Å². The highest BCUT2D eigenvalue weighted by atomic mass is 35.5. The van der Waals surface area contributed by atoms with Crippen LogP contribution in [0.15, 0.2) is 6.07 Å². The van der Waals surface area contributed by atoms with E-state index in [2.05, 4.69) is 15.6 Å². The molecule has 2 heterocycles. The third-order valence-electron chi connectivity index (χ3n) is 4.31. The van der Waals surface area contributed by atoms with Crippen molar-refractivity contribution in [2.45, 2.75) is 24.5 Å². The van der Waals surface area contributed by atoms with Gasteiger partial charge in [0, 0.05) is 20.3 Å². The van der Waals surface area contributed by atoms with Gasteiger partial charge in [0.25, 0.3) is 5.91 Å². The van der Waals surface area contributed by atoms with Crippen molar-refractivity contribution < 1.29 is 19.4 Å². The van der Waals surface area contributed by atoms with Crippen LogP contribution in [0.5, 0.6) is 5.88 Å². The van der Waals surface area contributed by atoms with Crippen molar-refractivity contribution in [3.63, 3.8) is 0 Å². The normalized spacial score (nSPS) is 23.8. The monoisotopic (exact) mass is 358 g/mol. The van der Waals surface area contributed by atoms with Crippen LogP contribution >= 0.6 is 11.6 Å². The third kappa shape index (κ3) is 3.72. The van der Waals surface area contributed by atoms with Crippen LogP contribution in [-0.2, 0) is 4.74 Å². The summed E-state index contributed by atoms with van der Waals surface area (Å²) < 4.78 is 10.6. The van der Waals surface area contributed by atoms with Crippen LogP contribution in [0.4, 0.5) is 5.82 Å². The number of nitrogens with two attached hydrogens (primary N) is 1. The number of aliphatic hydroxyl groups is 1. The minimum atomic E-state index is -0.690. The molecule has 5 N–H and O–H groups in total. The largest absolute Gasteiger partial charge is 0.480 e. The lowest BCUT2D eigenvalue weighted by Crippen LogP contribution is -2.64. The zero-order chi connectivity index (χ0) is 17.7. The predicted molar refractivity (Wildman–Crippen MR) is 90.4 cm³/mol. The Morgan fingerprint density at radius 2 is 2.38 bits per heavy atom. The summed E-state index contributed by atoms with van der Waals surface area (Å²) in [7, 11) is 2.98. The van der Waals surface area contributed by atoms with Gasteiger partial charge in [-0.05, 0) is 25.5 Å². The van der Waals surface area contributed by atoms with Crippen molar-refractivity contribution in [1.29, 1.82) is 0 Å². The summed E-state index contributed by atoms with van der Waals surface area (Å²) in [5.41, 5.74) is 5.14. The fraction of sp³-hybridized carbons (Fsp3) is 0.600. The molecule has 1 aromatic heterocycles. The summed E-state index contributed by atoms with van der Waals surface area (Å²) in [6.07, 6.45) is 0.721. The molecule has 0 unspecified atom stereocenters. The topological polar surface area (TPSA) is 119 Å². The number of carbonyl (C=O) groups excluding carboxylic acids is 1. The highest BCUT2D eigenvalue weighted by Gasteiger charge is 2.42. The fourth-order valence-electron chi connectivity index (χ4n) is 3.00. The number of carbonyl (C=O) groups is 1. The quantitative estimate of drug-likeness (QED) is 0.573. The zero-order valence-electron chi connectivity index (χ0n) is 13.8. The van der Waals surface area contributed by atoms with Crippen LogP contribution in [0.3, 0.4) is 0 Å². The summed E-state index contributed by atoms with van der Waals surface area (Å²) in [4.78, 5) is 16.8. The fourth-order valence-corrected chi connectivity index (χ4v) is 3.15. The number of piperidine rings is 1. The van der Waals surface area contributed by atoms with E-state index in [1.54, 1.807) is 7.11 Å². The van der Waals surface area contributed by atoms with Gasteiger partial charge >= 0.3 is 0 Å². The number of anilines is 1. The second kappa shape index (κ2) is 7.98. The van der Waals surface area contributed by atoms with Gasteiger partial charge in [-0.1, -0.05) is 11.6 Å². The van der Waals surface area contributed by atoms with Gasteiger partial charge in [-0.3, -0.25) is 4.79 Å². The number of rotatable bonds is 6. The second-order valence-corrected chi connectivity index (χ2v) is 6.08. The number of halogens is 1. The molecule has 24 heavy (non-hydrogen) atoms. The number of aromatic nitrogens is 1. The molecular weight excluding hydrogens is 336 g/mol. The maximum atomic E-state index is 12.8. The molecule has 0 bridgehead atoms. The Bertz CT molecular complexity index is 597. The minimum absolute atomic E-state index is 0.0714.